The number of aryl methyl sites for hydroxylation is 1. The van der Waals surface area contributed by atoms with Gasteiger partial charge in [0, 0.05) is 13.7 Å². The van der Waals surface area contributed by atoms with E-state index >= 15 is 0 Å². The summed E-state index contributed by atoms with van der Waals surface area (Å²) < 4.78 is 11.4. The topological polar surface area (TPSA) is 18.5 Å². The van der Waals surface area contributed by atoms with Crippen LogP contribution in [0.3, 0.4) is 0 Å². The highest BCUT2D eigenvalue weighted by Crippen LogP contribution is 2.13. The molecular weight excluding hydrogens is 240 g/mol. The maximum Gasteiger partial charge on any atom is 0.334 e. The van der Waals surface area contributed by atoms with Gasteiger partial charge in [0.1, 0.15) is 0 Å². The zero-order chi connectivity index (χ0) is 13.4. The molecule has 0 radical (unpaired) electrons. The standard InChI is InChI=1S/C15H24O2Si/c1-5-14-9-7-10-15(13-14)11-8-12-17-18(4,6-2)16-3/h5,7,9-10,13H,1,6,8,11-12H2,2-4H3. The summed E-state index contributed by atoms with van der Waals surface area (Å²) in [6, 6.07) is 9.47. The Kier molecular flexibility index (Phi) is 6.33. The number of hydrogen-bond donors (Lipinski definition) is 0. The van der Waals surface area contributed by atoms with Crippen LogP contribution in [0, 0.1) is 0 Å². The Bertz CT molecular complexity index is 373. The van der Waals surface area contributed by atoms with E-state index in [1.807, 2.05) is 6.08 Å². The van der Waals surface area contributed by atoms with Crippen LogP contribution in [0.5, 0.6) is 0 Å². The lowest BCUT2D eigenvalue weighted by Crippen LogP contribution is -2.36. The van der Waals surface area contributed by atoms with Crippen LogP contribution in [0.2, 0.25) is 12.6 Å². The van der Waals surface area contributed by atoms with E-state index in [2.05, 4.69) is 44.3 Å². The fraction of sp³-hybridized carbons (Fsp3) is 0.467. The second-order valence-electron chi connectivity index (χ2n) is 4.59. The van der Waals surface area contributed by atoms with Crippen LogP contribution < -0.4 is 0 Å². The Morgan fingerprint density at radius 1 is 1.39 bits per heavy atom. The van der Waals surface area contributed by atoms with E-state index in [1.54, 1.807) is 7.11 Å². The van der Waals surface area contributed by atoms with Crippen LogP contribution in [0.25, 0.3) is 6.08 Å². The third-order valence-corrected chi connectivity index (χ3v) is 6.24. The van der Waals surface area contributed by atoms with Crippen molar-refractivity contribution in [2.24, 2.45) is 0 Å². The van der Waals surface area contributed by atoms with E-state index in [0.717, 1.165) is 25.5 Å². The van der Waals surface area contributed by atoms with Crippen molar-refractivity contribution in [3.05, 3.63) is 42.0 Å². The van der Waals surface area contributed by atoms with E-state index in [9.17, 15) is 0 Å². The Labute approximate surface area is 112 Å². The molecule has 0 saturated heterocycles. The third-order valence-electron chi connectivity index (χ3n) is 3.28. The molecule has 1 aromatic rings. The first-order valence-corrected chi connectivity index (χ1v) is 9.06. The number of hydrogen-bond acceptors (Lipinski definition) is 2. The third kappa shape index (κ3) is 4.76. The van der Waals surface area contributed by atoms with Crippen molar-refractivity contribution < 1.29 is 8.85 Å². The van der Waals surface area contributed by atoms with Gasteiger partial charge in [-0.1, -0.05) is 43.8 Å². The van der Waals surface area contributed by atoms with Gasteiger partial charge in [-0.3, -0.25) is 0 Å². The van der Waals surface area contributed by atoms with E-state index in [4.69, 9.17) is 8.85 Å². The zero-order valence-electron chi connectivity index (χ0n) is 11.7. The fourth-order valence-electron chi connectivity index (χ4n) is 1.75. The van der Waals surface area contributed by atoms with Gasteiger partial charge >= 0.3 is 8.56 Å². The van der Waals surface area contributed by atoms with Crippen molar-refractivity contribution in [2.45, 2.75) is 32.4 Å². The molecule has 0 fully saturated rings. The van der Waals surface area contributed by atoms with E-state index < -0.39 is 8.56 Å². The normalized spacial score (nSPS) is 14.2. The van der Waals surface area contributed by atoms with Crippen molar-refractivity contribution in [1.29, 1.82) is 0 Å². The van der Waals surface area contributed by atoms with Gasteiger partial charge in [0.25, 0.3) is 0 Å². The van der Waals surface area contributed by atoms with Gasteiger partial charge < -0.3 is 8.85 Å². The Hall–Kier alpha value is -0.903. The van der Waals surface area contributed by atoms with E-state index in [1.165, 1.54) is 11.1 Å². The maximum atomic E-state index is 5.90. The Morgan fingerprint density at radius 2 is 2.17 bits per heavy atom. The summed E-state index contributed by atoms with van der Waals surface area (Å²) in [5, 5.41) is 0. The highest BCUT2D eigenvalue weighted by Gasteiger charge is 2.26. The average molecular weight is 264 g/mol. The molecule has 0 saturated carbocycles. The first-order chi connectivity index (χ1) is 8.63. The molecule has 0 amide bonds. The smallest absolute Gasteiger partial charge is 0.334 e. The molecule has 0 aromatic heterocycles. The van der Waals surface area contributed by atoms with Crippen molar-refractivity contribution in [3.8, 4) is 0 Å². The number of rotatable bonds is 8. The molecular formula is C15H24O2Si. The predicted octanol–water partition coefficient (Wildman–Crippen LogP) is 4.02. The SMILES string of the molecule is C=Cc1cccc(CCCO[Si](C)(CC)OC)c1. The molecule has 100 valence electrons. The van der Waals surface area contributed by atoms with Gasteiger partial charge in [0.2, 0.25) is 0 Å². The molecule has 0 aliphatic heterocycles. The summed E-state index contributed by atoms with van der Waals surface area (Å²) in [7, 11) is -0.116. The van der Waals surface area contributed by atoms with Crippen LogP contribution in [0.1, 0.15) is 24.5 Å². The highest BCUT2D eigenvalue weighted by molar-refractivity contribution is 6.65. The van der Waals surface area contributed by atoms with Gasteiger partial charge in [-0.05, 0) is 36.6 Å². The van der Waals surface area contributed by atoms with Crippen molar-refractivity contribution in [1.82, 2.24) is 0 Å². The quantitative estimate of drug-likeness (QED) is 0.521. The van der Waals surface area contributed by atoms with E-state index in [0.29, 0.717) is 0 Å². The molecule has 0 bridgehead atoms. The number of benzene rings is 1. The highest BCUT2D eigenvalue weighted by atomic mass is 28.4. The summed E-state index contributed by atoms with van der Waals surface area (Å²) in [5.41, 5.74) is 2.52. The zero-order valence-corrected chi connectivity index (χ0v) is 12.7. The van der Waals surface area contributed by atoms with Crippen LogP contribution in [0.4, 0.5) is 0 Å². The van der Waals surface area contributed by atoms with Gasteiger partial charge in [-0.2, -0.15) is 0 Å². The molecule has 0 aliphatic carbocycles. The Morgan fingerprint density at radius 3 is 2.78 bits per heavy atom. The van der Waals surface area contributed by atoms with Crippen molar-refractivity contribution in [3.63, 3.8) is 0 Å². The molecule has 1 aromatic carbocycles. The molecule has 2 nitrogen and oxygen atoms in total. The summed E-state index contributed by atoms with van der Waals surface area (Å²) >= 11 is 0. The minimum absolute atomic E-state index is 0.780. The largest absolute Gasteiger partial charge is 0.398 e. The van der Waals surface area contributed by atoms with Crippen molar-refractivity contribution in [2.75, 3.05) is 13.7 Å². The molecule has 0 N–H and O–H groups in total. The van der Waals surface area contributed by atoms with Crippen LogP contribution in [-0.4, -0.2) is 22.3 Å². The summed E-state index contributed by atoms with van der Waals surface area (Å²) in [4.78, 5) is 0. The molecule has 18 heavy (non-hydrogen) atoms. The lowest BCUT2D eigenvalue weighted by molar-refractivity contribution is 0.203. The molecule has 0 heterocycles. The molecule has 1 rings (SSSR count). The molecule has 1 unspecified atom stereocenters. The summed E-state index contributed by atoms with van der Waals surface area (Å²) in [6.45, 7) is 8.81. The predicted molar refractivity (Wildman–Crippen MR) is 79.9 cm³/mol. The van der Waals surface area contributed by atoms with Gasteiger partial charge in [0.05, 0.1) is 0 Å². The molecule has 1 atom stereocenters. The minimum atomic E-state index is -1.87. The van der Waals surface area contributed by atoms with Gasteiger partial charge in [-0.25, -0.2) is 0 Å². The maximum absolute atomic E-state index is 5.90. The summed E-state index contributed by atoms with van der Waals surface area (Å²) in [6.07, 6.45) is 3.96. The minimum Gasteiger partial charge on any atom is -0.398 e. The monoisotopic (exact) mass is 264 g/mol. The molecule has 3 heteroatoms. The van der Waals surface area contributed by atoms with Crippen LogP contribution in [0.15, 0.2) is 30.8 Å². The fourth-order valence-corrected chi connectivity index (χ4v) is 2.93. The second-order valence-corrected chi connectivity index (χ2v) is 8.26. The molecule has 0 aliphatic rings. The second kappa shape index (κ2) is 7.51. The van der Waals surface area contributed by atoms with Crippen molar-refractivity contribution >= 4 is 14.6 Å². The average Bonchev–Trinajstić information content (AvgIpc) is 2.43. The van der Waals surface area contributed by atoms with Crippen LogP contribution >= 0.6 is 0 Å². The Balaban J connectivity index is 2.35. The van der Waals surface area contributed by atoms with Crippen LogP contribution in [-0.2, 0) is 15.3 Å². The first-order valence-electron chi connectivity index (χ1n) is 6.54. The molecule has 0 spiro atoms. The lowest BCUT2D eigenvalue weighted by Gasteiger charge is -2.23. The summed E-state index contributed by atoms with van der Waals surface area (Å²) in [5.74, 6) is 0. The lowest BCUT2D eigenvalue weighted by atomic mass is 10.1. The van der Waals surface area contributed by atoms with E-state index in [-0.39, 0.29) is 0 Å². The first kappa shape index (κ1) is 15.2. The van der Waals surface area contributed by atoms with Gasteiger partial charge in [-0.15, -0.1) is 0 Å². The van der Waals surface area contributed by atoms with Gasteiger partial charge in [0.15, 0.2) is 0 Å².